The van der Waals surface area contributed by atoms with Gasteiger partial charge in [0.25, 0.3) is 0 Å². The highest BCUT2D eigenvalue weighted by Gasteiger charge is 2.46. The molecule has 1 aromatic heterocycles. The Morgan fingerprint density at radius 3 is 2.43 bits per heavy atom. The summed E-state index contributed by atoms with van der Waals surface area (Å²) < 4.78 is 0. The number of piperazine rings is 1. The zero-order valence-electron chi connectivity index (χ0n) is 13.2. The van der Waals surface area contributed by atoms with Crippen molar-refractivity contribution < 1.29 is 9.59 Å². The molecule has 2 atom stereocenters. The summed E-state index contributed by atoms with van der Waals surface area (Å²) >= 11 is 1.72. The molecule has 0 saturated carbocycles. The maximum absolute atomic E-state index is 12.8. The fraction of sp³-hybridized carbons (Fsp3) is 0.625. The van der Waals surface area contributed by atoms with E-state index in [1.165, 1.54) is 4.88 Å². The summed E-state index contributed by atoms with van der Waals surface area (Å²) in [5.74, 6) is -0.00313. The van der Waals surface area contributed by atoms with Crippen LogP contribution in [-0.4, -0.2) is 28.3 Å². The van der Waals surface area contributed by atoms with E-state index in [1.807, 2.05) is 20.8 Å². The van der Waals surface area contributed by atoms with E-state index in [-0.39, 0.29) is 17.9 Å². The lowest BCUT2D eigenvalue weighted by Crippen LogP contribution is -2.68. The van der Waals surface area contributed by atoms with E-state index in [2.05, 4.69) is 24.4 Å². The number of amides is 2. The Balaban J connectivity index is 2.27. The van der Waals surface area contributed by atoms with Crippen molar-refractivity contribution in [2.75, 3.05) is 0 Å². The molecule has 116 valence electrons. The van der Waals surface area contributed by atoms with Crippen molar-refractivity contribution in [2.45, 2.75) is 65.1 Å². The molecule has 2 amide bonds. The van der Waals surface area contributed by atoms with Crippen LogP contribution in [0.15, 0.2) is 12.1 Å². The molecule has 1 N–H and O–H groups in total. The van der Waals surface area contributed by atoms with Gasteiger partial charge in [-0.1, -0.05) is 20.8 Å². The average Bonchev–Trinajstić information content (AvgIpc) is 2.92. The fourth-order valence-electron chi connectivity index (χ4n) is 2.70. The molecule has 21 heavy (non-hydrogen) atoms. The standard InChI is InChI=1S/C16H24N2O2S/c1-5-11-8-9-12(21-11)10-18-13(6-2)14(19)17-16(4,7-3)15(18)20/h8-9,13H,5-7,10H2,1-4H3,(H,17,19). The van der Waals surface area contributed by atoms with E-state index >= 15 is 0 Å². The normalized spacial score (nSPS) is 26.1. The molecular weight excluding hydrogens is 284 g/mol. The number of carbonyl (C=O) groups is 2. The van der Waals surface area contributed by atoms with E-state index in [0.29, 0.717) is 19.4 Å². The number of nitrogens with one attached hydrogen (secondary N) is 1. The van der Waals surface area contributed by atoms with Gasteiger partial charge in [0.1, 0.15) is 11.6 Å². The van der Waals surface area contributed by atoms with Gasteiger partial charge in [-0.3, -0.25) is 9.59 Å². The van der Waals surface area contributed by atoms with E-state index < -0.39 is 5.54 Å². The topological polar surface area (TPSA) is 49.4 Å². The fourth-order valence-corrected chi connectivity index (χ4v) is 3.66. The Hall–Kier alpha value is -1.36. The highest BCUT2D eigenvalue weighted by atomic mass is 32.1. The summed E-state index contributed by atoms with van der Waals surface area (Å²) in [5.41, 5.74) is -0.770. The first-order valence-electron chi connectivity index (χ1n) is 7.65. The molecular formula is C16H24N2O2S. The molecule has 2 unspecified atom stereocenters. The second-order valence-corrected chi connectivity index (χ2v) is 7.01. The highest BCUT2D eigenvalue weighted by molar-refractivity contribution is 7.11. The molecule has 5 heteroatoms. The summed E-state index contributed by atoms with van der Waals surface area (Å²) in [6.45, 7) is 8.36. The Morgan fingerprint density at radius 2 is 1.90 bits per heavy atom. The van der Waals surface area contributed by atoms with Crippen molar-refractivity contribution in [1.29, 1.82) is 0 Å². The van der Waals surface area contributed by atoms with E-state index in [1.54, 1.807) is 16.2 Å². The van der Waals surface area contributed by atoms with Crippen molar-refractivity contribution in [3.05, 3.63) is 21.9 Å². The van der Waals surface area contributed by atoms with Crippen LogP contribution in [0, 0.1) is 0 Å². The molecule has 0 radical (unpaired) electrons. The van der Waals surface area contributed by atoms with Gasteiger partial charge in [0.2, 0.25) is 11.8 Å². The van der Waals surface area contributed by atoms with Crippen LogP contribution in [0.2, 0.25) is 0 Å². The van der Waals surface area contributed by atoms with Crippen molar-refractivity contribution in [3.8, 4) is 0 Å². The van der Waals surface area contributed by atoms with Crippen LogP contribution in [0.1, 0.15) is 50.3 Å². The van der Waals surface area contributed by atoms with E-state index in [9.17, 15) is 9.59 Å². The Labute approximate surface area is 130 Å². The number of rotatable bonds is 5. The third kappa shape index (κ3) is 2.98. The quantitative estimate of drug-likeness (QED) is 0.909. The molecule has 0 aromatic carbocycles. The first-order valence-corrected chi connectivity index (χ1v) is 8.47. The first-order chi connectivity index (χ1) is 9.95. The van der Waals surface area contributed by atoms with Crippen LogP contribution < -0.4 is 5.32 Å². The summed E-state index contributed by atoms with van der Waals surface area (Å²) in [5, 5.41) is 2.90. The average molecular weight is 308 g/mol. The first kappa shape index (κ1) is 16.0. The predicted molar refractivity (Wildman–Crippen MR) is 85.2 cm³/mol. The molecule has 2 rings (SSSR count). The molecule has 0 spiro atoms. The van der Waals surface area contributed by atoms with Crippen LogP contribution in [0.25, 0.3) is 0 Å². The molecule has 0 aliphatic carbocycles. The van der Waals surface area contributed by atoms with Crippen LogP contribution in [0.5, 0.6) is 0 Å². The molecule has 1 saturated heterocycles. The van der Waals surface area contributed by atoms with Crippen molar-refractivity contribution in [1.82, 2.24) is 10.2 Å². The number of nitrogens with zero attached hydrogens (tertiary/aromatic N) is 1. The van der Waals surface area contributed by atoms with E-state index in [4.69, 9.17) is 0 Å². The number of hydrogen-bond acceptors (Lipinski definition) is 3. The highest BCUT2D eigenvalue weighted by Crippen LogP contribution is 2.27. The molecule has 1 fully saturated rings. The van der Waals surface area contributed by atoms with Crippen molar-refractivity contribution in [2.24, 2.45) is 0 Å². The maximum Gasteiger partial charge on any atom is 0.249 e. The second-order valence-electron chi connectivity index (χ2n) is 5.75. The maximum atomic E-state index is 12.8. The monoisotopic (exact) mass is 308 g/mol. The SMILES string of the molecule is CCc1ccc(CN2C(=O)C(C)(CC)NC(=O)C2CC)s1. The van der Waals surface area contributed by atoms with Crippen LogP contribution in [-0.2, 0) is 22.6 Å². The smallest absolute Gasteiger partial charge is 0.249 e. The third-order valence-electron chi connectivity index (χ3n) is 4.30. The lowest BCUT2D eigenvalue weighted by molar-refractivity contribution is -0.155. The van der Waals surface area contributed by atoms with Gasteiger partial charge in [0, 0.05) is 9.75 Å². The summed E-state index contributed by atoms with van der Waals surface area (Å²) in [6, 6.07) is 3.82. The zero-order valence-corrected chi connectivity index (χ0v) is 14.0. The molecule has 1 aromatic rings. The lowest BCUT2D eigenvalue weighted by Gasteiger charge is -2.43. The third-order valence-corrected chi connectivity index (χ3v) is 5.51. The molecule has 1 aliphatic heterocycles. The van der Waals surface area contributed by atoms with Crippen molar-refractivity contribution >= 4 is 23.2 Å². The van der Waals surface area contributed by atoms with Crippen LogP contribution in [0.3, 0.4) is 0 Å². The number of thiophene rings is 1. The minimum absolute atomic E-state index is 0.0305. The number of aryl methyl sites for hydroxylation is 1. The van der Waals surface area contributed by atoms with Gasteiger partial charge in [0.05, 0.1) is 6.54 Å². The summed E-state index contributed by atoms with van der Waals surface area (Å²) in [6.07, 6.45) is 2.25. The second kappa shape index (κ2) is 6.18. The van der Waals surface area contributed by atoms with Gasteiger partial charge < -0.3 is 10.2 Å². The number of hydrogen-bond donors (Lipinski definition) is 1. The minimum atomic E-state index is -0.770. The van der Waals surface area contributed by atoms with Crippen LogP contribution >= 0.6 is 11.3 Å². The van der Waals surface area contributed by atoms with Gasteiger partial charge in [-0.2, -0.15) is 0 Å². The Bertz CT molecular complexity index is 540. The minimum Gasteiger partial charge on any atom is -0.340 e. The van der Waals surface area contributed by atoms with Gasteiger partial charge in [0.15, 0.2) is 0 Å². The van der Waals surface area contributed by atoms with E-state index in [0.717, 1.165) is 11.3 Å². The summed E-state index contributed by atoms with van der Waals surface area (Å²) in [7, 11) is 0. The van der Waals surface area contributed by atoms with Gasteiger partial charge in [-0.15, -0.1) is 11.3 Å². The van der Waals surface area contributed by atoms with Gasteiger partial charge in [-0.05, 0) is 38.3 Å². The Kier molecular flexibility index (Phi) is 4.71. The molecule has 1 aliphatic rings. The zero-order chi connectivity index (χ0) is 15.6. The molecule has 0 bridgehead atoms. The largest absolute Gasteiger partial charge is 0.340 e. The summed E-state index contributed by atoms with van der Waals surface area (Å²) in [4.78, 5) is 29.3. The molecule has 4 nitrogen and oxygen atoms in total. The lowest BCUT2D eigenvalue weighted by atomic mass is 9.91. The predicted octanol–water partition coefficient (Wildman–Crippen LogP) is 2.72. The van der Waals surface area contributed by atoms with Crippen molar-refractivity contribution in [3.63, 3.8) is 0 Å². The van der Waals surface area contributed by atoms with Crippen LogP contribution in [0.4, 0.5) is 0 Å². The van der Waals surface area contributed by atoms with Gasteiger partial charge >= 0.3 is 0 Å². The van der Waals surface area contributed by atoms with Gasteiger partial charge in [-0.25, -0.2) is 0 Å². The molecule has 2 heterocycles. The number of carbonyl (C=O) groups excluding carboxylic acids is 2. The Morgan fingerprint density at radius 1 is 1.24 bits per heavy atom.